The van der Waals surface area contributed by atoms with E-state index in [2.05, 4.69) is 10.3 Å². The first-order valence-electron chi connectivity index (χ1n) is 4.11. The zero-order valence-corrected chi connectivity index (χ0v) is 9.29. The maximum Gasteiger partial charge on any atom is 0.315 e. The molecular formula is C5H10N4O4S2. The summed E-state index contributed by atoms with van der Waals surface area (Å²) >= 11 is 0. The summed E-state index contributed by atoms with van der Waals surface area (Å²) in [5, 5.41) is 2.64. The highest BCUT2D eigenvalue weighted by molar-refractivity contribution is 8.68. The van der Waals surface area contributed by atoms with Crippen molar-refractivity contribution in [1.82, 2.24) is 15.1 Å². The second kappa shape index (κ2) is 3.79. The number of aliphatic imine (C=N–C) groups is 1. The molecule has 15 heavy (non-hydrogen) atoms. The Morgan fingerprint density at radius 3 is 2.87 bits per heavy atom. The van der Waals surface area contributed by atoms with Crippen LogP contribution >= 0.6 is 0 Å². The van der Waals surface area contributed by atoms with Crippen LogP contribution in [0.25, 0.3) is 0 Å². The molecule has 0 radical (unpaired) electrons. The fourth-order valence-electron chi connectivity index (χ4n) is 1.47. The van der Waals surface area contributed by atoms with Crippen LogP contribution < -0.4 is 5.32 Å². The number of amidine groups is 1. The number of nitrogens with one attached hydrogen (secondary N) is 1. The molecule has 2 bridgehead atoms. The van der Waals surface area contributed by atoms with Crippen molar-refractivity contribution in [2.75, 3.05) is 26.7 Å². The quantitative estimate of drug-likeness (QED) is 0.410. The first-order valence-corrected chi connectivity index (χ1v) is 7.21. The predicted molar refractivity (Wildman–Crippen MR) is 53.4 cm³/mol. The van der Waals surface area contributed by atoms with Gasteiger partial charge in [0.15, 0.2) is 0 Å². The Balaban J connectivity index is 2.34. The van der Waals surface area contributed by atoms with Gasteiger partial charge in [0.25, 0.3) is 10.1 Å². The van der Waals surface area contributed by atoms with E-state index in [-0.39, 0.29) is 11.8 Å². The van der Waals surface area contributed by atoms with E-state index >= 15 is 0 Å². The average Bonchev–Trinajstić information content (AvgIpc) is 2.17. The molecule has 2 heterocycles. The topological polar surface area (TPSA) is 102 Å². The van der Waals surface area contributed by atoms with Crippen molar-refractivity contribution < 1.29 is 17.2 Å². The zero-order valence-electron chi connectivity index (χ0n) is 7.66. The third kappa shape index (κ3) is 1.90. The van der Waals surface area contributed by atoms with Crippen LogP contribution in [0.4, 0.5) is 0 Å². The highest BCUT2D eigenvalue weighted by Crippen LogP contribution is 2.12. The van der Waals surface area contributed by atoms with Crippen LogP contribution in [0.1, 0.15) is 0 Å². The average molecular weight is 254 g/mol. The number of nitrogens with zero attached hydrogens (tertiary/aromatic N) is 3. The number of hydrogen-bond acceptors (Lipinski definition) is 7. The maximum absolute atomic E-state index is 11.4. The van der Waals surface area contributed by atoms with Gasteiger partial charge in [0.2, 0.25) is 5.17 Å². The Morgan fingerprint density at radius 1 is 1.47 bits per heavy atom. The first-order chi connectivity index (χ1) is 7.01. The lowest BCUT2D eigenvalue weighted by Crippen LogP contribution is -2.59. The molecule has 0 aromatic heterocycles. The van der Waals surface area contributed by atoms with E-state index < -0.39 is 19.0 Å². The van der Waals surface area contributed by atoms with Crippen molar-refractivity contribution in [3.8, 4) is 0 Å². The Morgan fingerprint density at radius 2 is 2.20 bits per heavy atom. The lowest BCUT2D eigenvalue weighted by Gasteiger charge is -2.39. The molecule has 2 aliphatic rings. The number of rotatable bonds is 1. The standard InChI is InChI=1S/C5H10N4O4S2/c10-14(11)15(12,13)5-7-3-8-1-6-2-9(5)4-8/h6H,1-4H2,(H,10,11). The molecule has 0 aliphatic carbocycles. The van der Waals surface area contributed by atoms with E-state index in [1.807, 2.05) is 4.90 Å². The summed E-state index contributed by atoms with van der Waals surface area (Å²) in [5.41, 5.74) is 0. The summed E-state index contributed by atoms with van der Waals surface area (Å²) in [5.74, 6) is 0. The molecule has 1 fully saturated rings. The van der Waals surface area contributed by atoms with Gasteiger partial charge in [-0.2, -0.15) is 0 Å². The van der Waals surface area contributed by atoms with Crippen molar-refractivity contribution in [2.45, 2.75) is 0 Å². The van der Waals surface area contributed by atoms with E-state index in [0.29, 0.717) is 20.0 Å². The van der Waals surface area contributed by atoms with Gasteiger partial charge in [0.1, 0.15) is 0 Å². The van der Waals surface area contributed by atoms with Crippen LogP contribution in [0.2, 0.25) is 0 Å². The van der Waals surface area contributed by atoms with E-state index in [4.69, 9.17) is 4.55 Å². The van der Waals surface area contributed by atoms with E-state index in [1.54, 1.807) is 0 Å². The van der Waals surface area contributed by atoms with Crippen molar-refractivity contribution in [3.63, 3.8) is 0 Å². The fraction of sp³-hybridized carbons (Fsp3) is 0.800. The molecule has 10 heteroatoms. The van der Waals surface area contributed by atoms with Crippen LogP contribution in [0.3, 0.4) is 0 Å². The largest absolute Gasteiger partial charge is 0.321 e. The molecule has 0 aromatic rings. The first kappa shape index (κ1) is 11.0. The molecule has 8 nitrogen and oxygen atoms in total. The van der Waals surface area contributed by atoms with Crippen molar-refractivity contribution in [3.05, 3.63) is 0 Å². The molecule has 2 rings (SSSR count). The van der Waals surface area contributed by atoms with Gasteiger partial charge in [0.05, 0.1) is 26.7 Å². The molecule has 0 spiro atoms. The molecule has 0 amide bonds. The third-order valence-corrected chi connectivity index (χ3v) is 4.88. The minimum Gasteiger partial charge on any atom is -0.321 e. The van der Waals surface area contributed by atoms with Crippen molar-refractivity contribution in [2.24, 2.45) is 4.99 Å². The molecule has 0 aromatic carbocycles. The van der Waals surface area contributed by atoms with Crippen molar-refractivity contribution in [1.29, 1.82) is 0 Å². The Kier molecular flexibility index (Phi) is 2.77. The molecule has 2 aliphatic heterocycles. The van der Waals surface area contributed by atoms with Gasteiger partial charge in [-0.1, -0.05) is 0 Å². The van der Waals surface area contributed by atoms with Gasteiger partial charge >= 0.3 is 8.87 Å². The maximum atomic E-state index is 11.4. The SMILES string of the molecule is O=S(O)S(=O)(=O)C1=NCN2CNCN1C2. The summed E-state index contributed by atoms with van der Waals surface area (Å²) < 4.78 is 42.2. The van der Waals surface area contributed by atoms with Gasteiger partial charge in [-0.25, -0.2) is 17.6 Å². The molecular weight excluding hydrogens is 244 g/mol. The third-order valence-electron chi connectivity index (χ3n) is 2.10. The molecule has 0 saturated carbocycles. The summed E-state index contributed by atoms with van der Waals surface area (Å²) in [6, 6.07) is 0. The van der Waals surface area contributed by atoms with Gasteiger partial charge in [-0.3, -0.25) is 14.8 Å². The van der Waals surface area contributed by atoms with Gasteiger partial charge in [-0.05, 0) is 0 Å². The minimum absolute atomic E-state index is 0.218. The second-order valence-electron chi connectivity index (χ2n) is 3.17. The summed E-state index contributed by atoms with van der Waals surface area (Å²) in [6.45, 7) is 1.57. The summed E-state index contributed by atoms with van der Waals surface area (Å²) in [7, 11) is -7.14. The summed E-state index contributed by atoms with van der Waals surface area (Å²) in [6.07, 6.45) is 0. The van der Waals surface area contributed by atoms with Gasteiger partial charge < -0.3 is 4.90 Å². The van der Waals surface area contributed by atoms with E-state index in [0.717, 1.165) is 0 Å². The number of fused-ring (bicyclic) bond motifs is 2. The Labute approximate surface area is 88.6 Å². The number of hydrogen-bond donors (Lipinski definition) is 2. The Bertz CT molecular complexity index is 419. The van der Waals surface area contributed by atoms with Gasteiger partial charge in [0, 0.05) is 0 Å². The smallest absolute Gasteiger partial charge is 0.315 e. The van der Waals surface area contributed by atoms with Crippen LogP contribution in [0.5, 0.6) is 0 Å². The molecule has 2 atom stereocenters. The highest BCUT2D eigenvalue weighted by Gasteiger charge is 2.36. The highest BCUT2D eigenvalue weighted by atomic mass is 33.2. The lowest BCUT2D eigenvalue weighted by atomic mass is 10.5. The zero-order chi connectivity index (χ0) is 11.1. The monoisotopic (exact) mass is 254 g/mol. The Hall–Kier alpha value is -0.550. The fourth-order valence-corrected chi connectivity index (χ4v) is 3.11. The van der Waals surface area contributed by atoms with Crippen LogP contribution in [0.15, 0.2) is 4.99 Å². The van der Waals surface area contributed by atoms with E-state index in [9.17, 15) is 12.6 Å². The normalized spacial score (nSPS) is 28.5. The lowest BCUT2D eigenvalue weighted by molar-refractivity contribution is 0.107. The van der Waals surface area contributed by atoms with E-state index in [1.165, 1.54) is 4.90 Å². The molecule has 86 valence electrons. The molecule has 2 unspecified atom stereocenters. The van der Waals surface area contributed by atoms with Crippen LogP contribution in [-0.4, -0.2) is 58.8 Å². The second-order valence-corrected chi connectivity index (χ2v) is 7.05. The predicted octanol–water partition coefficient (Wildman–Crippen LogP) is -2.06. The minimum atomic E-state index is -4.21. The molecule has 2 N–H and O–H groups in total. The van der Waals surface area contributed by atoms with Crippen molar-refractivity contribution >= 4 is 24.1 Å². The van der Waals surface area contributed by atoms with Crippen LogP contribution in [-0.2, 0) is 19.0 Å². The van der Waals surface area contributed by atoms with Crippen LogP contribution in [0, 0.1) is 0 Å². The summed E-state index contributed by atoms with van der Waals surface area (Å²) in [4.78, 5) is 7.07. The van der Waals surface area contributed by atoms with Gasteiger partial charge in [-0.15, -0.1) is 0 Å². The molecule has 1 saturated heterocycles.